The smallest absolute Gasteiger partial charge is 0.368 e. The van der Waals surface area contributed by atoms with Gasteiger partial charge in [-0.1, -0.05) is 12.1 Å². The average molecular weight is 581 g/mol. The van der Waals surface area contributed by atoms with Gasteiger partial charge in [0.2, 0.25) is 11.5 Å². The minimum Gasteiger partial charge on any atom is -0.368 e. The van der Waals surface area contributed by atoms with Crippen LogP contribution in [0.15, 0.2) is 71.7 Å². The fourth-order valence-electron chi connectivity index (χ4n) is 5.51. The zero-order valence-corrected chi connectivity index (χ0v) is 21.4. The van der Waals surface area contributed by atoms with E-state index in [1.807, 2.05) is 0 Å². The first-order valence-electron chi connectivity index (χ1n) is 12.6. The van der Waals surface area contributed by atoms with Gasteiger partial charge in [0.05, 0.1) is 23.3 Å². The van der Waals surface area contributed by atoms with E-state index in [-0.39, 0.29) is 29.6 Å². The van der Waals surface area contributed by atoms with Gasteiger partial charge in [0.15, 0.2) is 0 Å². The summed E-state index contributed by atoms with van der Waals surface area (Å²) in [5.41, 5.74) is -1.74. The maximum atomic E-state index is 13.8. The van der Waals surface area contributed by atoms with E-state index >= 15 is 0 Å². The molecule has 216 valence electrons. The highest BCUT2D eigenvalue weighted by atomic mass is 19.4. The van der Waals surface area contributed by atoms with Gasteiger partial charge in [0.25, 0.3) is 0 Å². The highest BCUT2D eigenvalue weighted by Crippen LogP contribution is 2.45. The quantitative estimate of drug-likeness (QED) is 0.352. The van der Waals surface area contributed by atoms with Gasteiger partial charge < -0.3 is 14.6 Å². The second kappa shape index (κ2) is 10.5. The van der Waals surface area contributed by atoms with Crippen molar-refractivity contribution in [3.63, 3.8) is 0 Å². The minimum atomic E-state index is -5.02. The highest BCUT2D eigenvalue weighted by Gasteiger charge is 2.48. The number of ether oxygens (including phenoxy) is 1. The third-order valence-corrected chi connectivity index (χ3v) is 7.47. The summed E-state index contributed by atoms with van der Waals surface area (Å²) in [4.78, 5) is 28.8. The van der Waals surface area contributed by atoms with Gasteiger partial charge in [-0.3, -0.25) is 9.59 Å². The SMILES string of the molecule is C[C@@H](OC1CN2C(=O)C=C(c3ccc(=O)[nH]c3)CC2[C@@H]1c1ccc(F)cc1)c1cc(C(F)(F)F)cc(C(F)(F)F)c1. The molecular formula is C29H23F7N2O3. The van der Waals surface area contributed by atoms with Crippen LogP contribution in [-0.4, -0.2) is 34.5 Å². The topological polar surface area (TPSA) is 62.4 Å². The highest BCUT2D eigenvalue weighted by molar-refractivity contribution is 5.97. The number of nitrogens with zero attached hydrogens (tertiary/aromatic N) is 1. The second-order valence-corrected chi connectivity index (χ2v) is 10.1. The Morgan fingerprint density at radius 2 is 1.56 bits per heavy atom. The number of aromatic nitrogens is 1. The van der Waals surface area contributed by atoms with Crippen molar-refractivity contribution in [1.29, 1.82) is 0 Å². The van der Waals surface area contributed by atoms with E-state index in [2.05, 4.69) is 4.98 Å². The molecule has 0 aliphatic carbocycles. The lowest BCUT2D eigenvalue weighted by Gasteiger charge is -2.32. The molecule has 1 saturated heterocycles. The summed E-state index contributed by atoms with van der Waals surface area (Å²) in [6, 6.07) is 9.15. The number of carbonyl (C=O) groups excluding carboxylic acids is 1. The summed E-state index contributed by atoms with van der Waals surface area (Å²) >= 11 is 0. The van der Waals surface area contributed by atoms with Crippen molar-refractivity contribution in [2.24, 2.45) is 0 Å². The molecule has 2 aromatic carbocycles. The molecule has 5 nitrogen and oxygen atoms in total. The van der Waals surface area contributed by atoms with Crippen LogP contribution in [0.1, 0.15) is 53.2 Å². The first-order chi connectivity index (χ1) is 19.2. The standard InChI is InChI=1S/C29H23F7N2O3/c1-15(18-8-20(28(31,32)33)12-21(9-18)29(34,35)36)41-24-14-38-23(27(24)16-2-5-22(30)6-3-16)10-19(11-26(38)40)17-4-7-25(39)37-13-17/h2-9,11-13,15,23-24,27H,10,14H2,1H3,(H,37,39)/t15-,23?,24?,27+/m1/s1. The summed E-state index contributed by atoms with van der Waals surface area (Å²) in [6.07, 6.45) is -8.88. The van der Waals surface area contributed by atoms with Crippen molar-refractivity contribution in [3.05, 3.63) is 111 Å². The van der Waals surface area contributed by atoms with Crippen LogP contribution < -0.4 is 5.56 Å². The van der Waals surface area contributed by atoms with E-state index in [4.69, 9.17) is 4.74 Å². The molecule has 3 heterocycles. The number of pyridine rings is 1. The number of nitrogens with one attached hydrogen (secondary N) is 1. The predicted molar refractivity (Wildman–Crippen MR) is 134 cm³/mol. The van der Waals surface area contributed by atoms with Crippen molar-refractivity contribution in [1.82, 2.24) is 9.88 Å². The second-order valence-electron chi connectivity index (χ2n) is 10.1. The molecule has 5 rings (SSSR count). The van der Waals surface area contributed by atoms with Gasteiger partial charge in [-0.2, -0.15) is 26.3 Å². The van der Waals surface area contributed by atoms with E-state index in [0.29, 0.717) is 35.3 Å². The van der Waals surface area contributed by atoms with Crippen molar-refractivity contribution in [3.8, 4) is 0 Å². The lowest BCUT2D eigenvalue weighted by atomic mass is 9.84. The maximum absolute atomic E-state index is 13.8. The van der Waals surface area contributed by atoms with E-state index in [1.54, 1.807) is 6.07 Å². The molecular weight excluding hydrogens is 557 g/mol. The van der Waals surface area contributed by atoms with Crippen LogP contribution in [0, 0.1) is 5.82 Å². The molecule has 1 fully saturated rings. The fraction of sp³-hybridized carbons (Fsp3) is 0.310. The molecule has 2 aliphatic heterocycles. The Kier molecular flexibility index (Phi) is 7.31. The third-order valence-electron chi connectivity index (χ3n) is 7.47. The number of rotatable bonds is 5. The lowest BCUT2D eigenvalue weighted by Crippen LogP contribution is -2.39. The molecule has 41 heavy (non-hydrogen) atoms. The molecule has 2 aliphatic rings. The van der Waals surface area contributed by atoms with Crippen LogP contribution in [0.25, 0.3) is 5.57 Å². The zero-order valence-electron chi connectivity index (χ0n) is 21.4. The van der Waals surface area contributed by atoms with E-state index in [1.165, 1.54) is 54.4 Å². The number of hydrogen-bond acceptors (Lipinski definition) is 3. The number of amides is 1. The molecule has 0 spiro atoms. The summed E-state index contributed by atoms with van der Waals surface area (Å²) in [7, 11) is 0. The molecule has 12 heteroatoms. The first-order valence-corrected chi connectivity index (χ1v) is 12.6. The Morgan fingerprint density at radius 1 is 0.927 bits per heavy atom. The van der Waals surface area contributed by atoms with Crippen molar-refractivity contribution in [2.75, 3.05) is 6.54 Å². The van der Waals surface area contributed by atoms with Crippen LogP contribution in [0.2, 0.25) is 0 Å². The molecule has 2 unspecified atom stereocenters. The average Bonchev–Trinajstić information content (AvgIpc) is 3.26. The van der Waals surface area contributed by atoms with Crippen molar-refractivity contribution in [2.45, 2.75) is 49.9 Å². The largest absolute Gasteiger partial charge is 0.416 e. The van der Waals surface area contributed by atoms with Crippen molar-refractivity contribution < 1.29 is 40.3 Å². The lowest BCUT2D eigenvalue weighted by molar-refractivity contribution is -0.143. The van der Waals surface area contributed by atoms with Crippen molar-refractivity contribution >= 4 is 11.5 Å². The summed E-state index contributed by atoms with van der Waals surface area (Å²) < 4.78 is 101. The van der Waals surface area contributed by atoms with E-state index < -0.39 is 53.5 Å². The van der Waals surface area contributed by atoms with Crippen LogP contribution in [0.4, 0.5) is 30.7 Å². The Morgan fingerprint density at radius 3 is 2.12 bits per heavy atom. The van der Waals surface area contributed by atoms with Gasteiger partial charge in [-0.05, 0) is 72.0 Å². The number of carbonyl (C=O) groups is 1. The number of alkyl halides is 6. The van der Waals surface area contributed by atoms with Gasteiger partial charge in [0.1, 0.15) is 5.82 Å². The summed E-state index contributed by atoms with van der Waals surface area (Å²) in [5, 5.41) is 0. The van der Waals surface area contributed by atoms with E-state index in [0.717, 1.165) is 0 Å². The Balaban J connectivity index is 1.50. The molecule has 0 bridgehead atoms. The van der Waals surface area contributed by atoms with Gasteiger partial charge in [0, 0.05) is 36.8 Å². The minimum absolute atomic E-state index is 0.0103. The number of hydrogen-bond donors (Lipinski definition) is 1. The number of H-pyrrole nitrogens is 1. The van der Waals surface area contributed by atoms with Crippen LogP contribution >= 0.6 is 0 Å². The third kappa shape index (κ3) is 5.92. The fourth-order valence-corrected chi connectivity index (χ4v) is 5.51. The van der Waals surface area contributed by atoms with Gasteiger partial charge in [-0.25, -0.2) is 4.39 Å². The summed E-state index contributed by atoms with van der Waals surface area (Å²) in [6.45, 7) is 1.36. The van der Waals surface area contributed by atoms with Crippen LogP contribution in [0.5, 0.6) is 0 Å². The molecule has 0 radical (unpaired) electrons. The molecule has 1 amide bonds. The molecule has 1 N–H and O–H groups in total. The van der Waals surface area contributed by atoms with Crippen LogP contribution in [0.3, 0.4) is 0 Å². The number of benzene rings is 2. The molecule has 4 atom stereocenters. The molecule has 1 aromatic heterocycles. The Hall–Kier alpha value is -3.93. The van der Waals surface area contributed by atoms with Crippen LogP contribution in [-0.2, 0) is 21.9 Å². The monoisotopic (exact) mass is 580 g/mol. The predicted octanol–water partition coefficient (Wildman–Crippen LogP) is 6.48. The van der Waals surface area contributed by atoms with Gasteiger partial charge in [-0.15, -0.1) is 0 Å². The first kappa shape index (κ1) is 28.6. The van der Waals surface area contributed by atoms with E-state index in [9.17, 15) is 40.3 Å². The maximum Gasteiger partial charge on any atom is 0.416 e. The summed E-state index contributed by atoms with van der Waals surface area (Å²) in [5.74, 6) is -1.46. The zero-order chi connectivity index (χ0) is 29.7. The Bertz CT molecular complexity index is 1490. The normalized spacial score (nSPS) is 22.0. The number of halogens is 7. The van der Waals surface area contributed by atoms with Gasteiger partial charge >= 0.3 is 12.4 Å². The molecule has 3 aromatic rings. The Labute approximate surface area is 229 Å². The number of aromatic amines is 1. The number of fused-ring (bicyclic) bond motifs is 1. The molecule has 0 saturated carbocycles.